The van der Waals surface area contributed by atoms with E-state index in [4.69, 9.17) is 0 Å². The average Bonchev–Trinajstić information content (AvgIpc) is 3.31. The first-order chi connectivity index (χ1) is 13.0. The van der Waals surface area contributed by atoms with Crippen molar-refractivity contribution >= 4 is 29.1 Å². The van der Waals surface area contributed by atoms with Gasteiger partial charge < -0.3 is 15.2 Å². The third-order valence-electron chi connectivity index (χ3n) is 4.30. The van der Waals surface area contributed by atoms with Crippen molar-refractivity contribution < 1.29 is 0 Å². The van der Waals surface area contributed by atoms with Crippen LogP contribution in [0.25, 0.3) is 0 Å². The molecule has 0 spiro atoms. The van der Waals surface area contributed by atoms with Crippen molar-refractivity contribution in [3.05, 3.63) is 28.2 Å². The zero-order chi connectivity index (χ0) is 19.6. The Morgan fingerprint density at radius 2 is 2.11 bits per heavy atom. The lowest BCUT2D eigenvalue weighted by Gasteiger charge is -2.15. The van der Waals surface area contributed by atoms with E-state index in [1.54, 1.807) is 23.1 Å². The third-order valence-corrected chi connectivity index (χ3v) is 5.67. The summed E-state index contributed by atoms with van der Waals surface area (Å²) in [5, 5.41) is 20.8. The number of rotatable bonds is 10. The van der Waals surface area contributed by atoms with Crippen molar-refractivity contribution in [3.8, 4) is 0 Å². The first-order valence-electron chi connectivity index (χ1n) is 9.47. The summed E-state index contributed by atoms with van der Waals surface area (Å²) in [7, 11) is 1.81. The molecule has 1 atom stereocenters. The molecule has 0 aliphatic rings. The molecule has 0 saturated carbocycles. The molecule has 27 heavy (non-hydrogen) atoms. The summed E-state index contributed by atoms with van der Waals surface area (Å²) in [4.78, 5) is 4.32. The standard InChI is InChI=1S/C19H32N6S2/c1-14(2)12-25-17(23-24-19(25)26-5)7-6-9-21-18(20-4)22-11-15(3)16-8-10-27-13-16/h8,10,13-15H,6-7,9,11-12H2,1-5H3,(H2,20,21,22). The maximum atomic E-state index is 4.38. The van der Waals surface area contributed by atoms with Crippen molar-refractivity contribution in [2.24, 2.45) is 10.9 Å². The second kappa shape index (κ2) is 11.3. The predicted octanol–water partition coefficient (Wildman–Crippen LogP) is 3.62. The molecule has 2 aromatic rings. The van der Waals surface area contributed by atoms with Crippen LogP contribution in [0.4, 0.5) is 0 Å². The van der Waals surface area contributed by atoms with E-state index in [9.17, 15) is 0 Å². The quantitative estimate of drug-likeness (QED) is 0.272. The summed E-state index contributed by atoms with van der Waals surface area (Å²) in [6.45, 7) is 9.37. The normalized spacial score (nSPS) is 13.2. The fourth-order valence-corrected chi connectivity index (χ4v) is 4.11. The minimum absolute atomic E-state index is 0.467. The molecule has 0 aromatic carbocycles. The SMILES string of the molecule is CN=C(NCCCc1nnc(SC)n1CC(C)C)NCC(C)c1ccsc1. The molecule has 8 heteroatoms. The second-order valence-corrected chi connectivity index (χ2v) is 8.60. The van der Waals surface area contributed by atoms with Gasteiger partial charge in [-0.2, -0.15) is 11.3 Å². The molecule has 0 saturated heterocycles. The highest BCUT2D eigenvalue weighted by atomic mass is 32.2. The molecule has 150 valence electrons. The lowest BCUT2D eigenvalue weighted by Crippen LogP contribution is -2.39. The largest absolute Gasteiger partial charge is 0.356 e. The lowest BCUT2D eigenvalue weighted by atomic mass is 10.1. The van der Waals surface area contributed by atoms with Crippen molar-refractivity contribution in [2.75, 3.05) is 26.4 Å². The van der Waals surface area contributed by atoms with E-state index >= 15 is 0 Å². The molecular formula is C19H32N6S2. The van der Waals surface area contributed by atoms with Gasteiger partial charge in [-0.25, -0.2) is 0 Å². The monoisotopic (exact) mass is 408 g/mol. The van der Waals surface area contributed by atoms with Crippen molar-refractivity contribution in [1.29, 1.82) is 0 Å². The Morgan fingerprint density at radius 3 is 2.74 bits per heavy atom. The molecular weight excluding hydrogens is 376 g/mol. The van der Waals surface area contributed by atoms with Crippen LogP contribution in [-0.4, -0.2) is 47.1 Å². The summed E-state index contributed by atoms with van der Waals surface area (Å²) in [6, 6.07) is 2.18. The summed E-state index contributed by atoms with van der Waals surface area (Å²) >= 11 is 3.40. The van der Waals surface area contributed by atoms with Gasteiger partial charge in [-0.15, -0.1) is 10.2 Å². The minimum Gasteiger partial charge on any atom is -0.356 e. The summed E-state index contributed by atoms with van der Waals surface area (Å²) < 4.78 is 2.25. The highest BCUT2D eigenvalue weighted by Crippen LogP contribution is 2.17. The first kappa shape index (κ1) is 21.8. The van der Waals surface area contributed by atoms with Gasteiger partial charge in [0.2, 0.25) is 0 Å². The first-order valence-corrected chi connectivity index (χ1v) is 11.6. The number of aliphatic imine (C=N–C) groups is 1. The molecule has 0 aliphatic heterocycles. The maximum Gasteiger partial charge on any atom is 0.190 e. The van der Waals surface area contributed by atoms with E-state index in [-0.39, 0.29) is 0 Å². The van der Waals surface area contributed by atoms with Crippen LogP contribution in [0.2, 0.25) is 0 Å². The van der Waals surface area contributed by atoms with Gasteiger partial charge in [0.25, 0.3) is 0 Å². The Kier molecular flexibility index (Phi) is 9.14. The number of hydrogen-bond acceptors (Lipinski definition) is 5. The van der Waals surface area contributed by atoms with Gasteiger partial charge in [0.05, 0.1) is 0 Å². The van der Waals surface area contributed by atoms with Crippen LogP contribution in [0.1, 0.15) is 44.5 Å². The second-order valence-electron chi connectivity index (χ2n) is 7.05. The van der Waals surface area contributed by atoms with Gasteiger partial charge in [-0.3, -0.25) is 4.99 Å². The van der Waals surface area contributed by atoms with E-state index < -0.39 is 0 Å². The van der Waals surface area contributed by atoms with Gasteiger partial charge in [-0.05, 0) is 46.9 Å². The zero-order valence-corrected chi connectivity index (χ0v) is 18.7. The molecule has 2 rings (SSSR count). The van der Waals surface area contributed by atoms with Crippen molar-refractivity contribution in [3.63, 3.8) is 0 Å². The Morgan fingerprint density at radius 1 is 1.30 bits per heavy atom. The summed E-state index contributed by atoms with van der Waals surface area (Å²) in [6.07, 6.45) is 3.96. The Balaban J connectivity index is 1.76. The van der Waals surface area contributed by atoms with Crippen LogP contribution in [0.3, 0.4) is 0 Å². The van der Waals surface area contributed by atoms with Gasteiger partial charge in [0, 0.05) is 33.1 Å². The fraction of sp³-hybridized carbons (Fsp3) is 0.632. The van der Waals surface area contributed by atoms with Gasteiger partial charge in [0.1, 0.15) is 5.82 Å². The Hall–Kier alpha value is -1.54. The van der Waals surface area contributed by atoms with E-state index in [0.29, 0.717) is 11.8 Å². The molecule has 1 unspecified atom stereocenters. The van der Waals surface area contributed by atoms with E-state index in [1.165, 1.54) is 5.56 Å². The molecule has 0 radical (unpaired) electrons. The molecule has 0 fully saturated rings. The summed E-state index contributed by atoms with van der Waals surface area (Å²) in [5.74, 6) is 2.97. The van der Waals surface area contributed by atoms with Crippen molar-refractivity contribution in [1.82, 2.24) is 25.4 Å². The highest BCUT2D eigenvalue weighted by molar-refractivity contribution is 7.98. The number of hydrogen-bond donors (Lipinski definition) is 2. The smallest absolute Gasteiger partial charge is 0.190 e. The van der Waals surface area contributed by atoms with E-state index in [1.807, 2.05) is 7.05 Å². The molecule has 0 aliphatic carbocycles. The number of nitrogens with one attached hydrogen (secondary N) is 2. The van der Waals surface area contributed by atoms with Crippen LogP contribution in [0, 0.1) is 5.92 Å². The van der Waals surface area contributed by atoms with Crippen LogP contribution < -0.4 is 10.6 Å². The molecule has 0 bridgehead atoms. The van der Waals surface area contributed by atoms with Crippen LogP contribution in [0.15, 0.2) is 27.0 Å². The predicted molar refractivity (Wildman–Crippen MR) is 117 cm³/mol. The average molecular weight is 409 g/mol. The van der Waals surface area contributed by atoms with E-state index in [2.05, 4.69) is 74.2 Å². The number of aromatic nitrogens is 3. The molecule has 6 nitrogen and oxygen atoms in total. The molecule has 2 N–H and O–H groups in total. The van der Waals surface area contributed by atoms with Crippen molar-refractivity contribution in [2.45, 2.75) is 51.2 Å². The van der Waals surface area contributed by atoms with Gasteiger partial charge >= 0.3 is 0 Å². The number of guanidine groups is 1. The lowest BCUT2D eigenvalue weighted by molar-refractivity contribution is 0.477. The van der Waals surface area contributed by atoms with Crippen LogP contribution in [-0.2, 0) is 13.0 Å². The molecule has 2 aromatic heterocycles. The topological polar surface area (TPSA) is 67.1 Å². The Labute approximate surface area is 171 Å². The van der Waals surface area contributed by atoms with Gasteiger partial charge in [-0.1, -0.05) is 32.5 Å². The van der Waals surface area contributed by atoms with Crippen LogP contribution >= 0.6 is 23.1 Å². The third kappa shape index (κ3) is 6.84. The number of thioether (sulfide) groups is 1. The molecule has 2 heterocycles. The zero-order valence-electron chi connectivity index (χ0n) is 17.0. The summed E-state index contributed by atoms with van der Waals surface area (Å²) in [5.41, 5.74) is 1.37. The fourth-order valence-electron chi connectivity index (χ4n) is 2.80. The maximum absolute atomic E-state index is 4.38. The number of nitrogens with zero attached hydrogens (tertiary/aromatic N) is 4. The number of thiophene rings is 1. The molecule has 0 amide bonds. The van der Waals surface area contributed by atoms with E-state index in [0.717, 1.165) is 49.4 Å². The minimum atomic E-state index is 0.467. The Bertz CT molecular complexity index is 693. The highest BCUT2D eigenvalue weighted by Gasteiger charge is 2.12. The number of aryl methyl sites for hydroxylation is 1. The van der Waals surface area contributed by atoms with Crippen LogP contribution in [0.5, 0.6) is 0 Å². The van der Waals surface area contributed by atoms with Gasteiger partial charge in [0.15, 0.2) is 11.1 Å².